The molecule has 9 heteroatoms. The monoisotopic (exact) mass is 464 g/mol. The van der Waals surface area contributed by atoms with Crippen LogP contribution in [0.3, 0.4) is 0 Å². The number of carbonyl (C=O) groups is 2. The second-order valence-corrected chi connectivity index (χ2v) is 7.92. The first-order chi connectivity index (χ1) is 15.4. The van der Waals surface area contributed by atoms with E-state index in [4.69, 9.17) is 25.8 Å². The number of anilines is 1. The van der Waals surface area contributed by atoms with Crippen molar-refractivity contribution < 1.29 is 28.2 Å². The van der Waals surface area contributed by atoms with Crippen molar-refractivity contribution in [2.24, 2.45) is 5.92 Å². The van der Waals surface area contributed by atoms with Gasteiger partial charge in [-0.15, -0.1) is 0 Å². The molecule has 1 heterocycles. The molecule has 0 saturated carbocycles. The highest BCUT2D eigenvalue weighted by Gasteiger charge is 2.28. The molecule has 3 rings (SSSR count). The molecule has 0 bridgehead atoms. The number of methoxy groups -OCH3 is 3. The van der Waals surface area contributed by atoms with Crippen LogP contribution in [0.15, 0.2) is 30.3 Å². The highest BCUT2D eigenvalue weighted by molar-refractivity contribution is 6.31. The fourth-order valence-electron chi connectivity index (χ4n) is 3.82. The maximum Gasteiger partial charge on any atom is 0.340 e. The van der Waals surface area contributed by atoms with Crippen molar-refractivity contribution in [1.82, 2.24) is 4.90 Å². The number of nitrogens with zero attached hydrogens (tertiary/aromatic N) is 1. The van der Waals surface area contributed by atoms with E-state index in [9.17, 15) is 14.0 Å². The van der Waals surface area contributed by atoms with Gasteiger partial charge in [-0.25, -0.2) is 9.18 Å². The van der Waals surface area contributed by atoms with Gasteiger partial charge in [0.15, 0.2) is 11.5 Å². The zero-order chi connectivity index (χ0) is 23.3. The summed E-state index contributed by atoms with van der Waals surface area (Å²) in [6.45, 7) is 1.49. The largest absolute Gasteiger partial charge is 0.493 e. The lowest BCUT2D eigenvalue weighted by atomic mass is 9.96. The lowest BCUT2D eigenvalue weighted by Gasteiger charge is -2.32. The van der Waals surface area contributed by atoms with E-state index in [1.165, 1.54) is 39.5 Å². The second kappa shape index (κ2) is 10.7. The van der Waals surface area contributed by atoms with E-state index in [0.29, 0.717) is 41.6 Å². The third kappa shape index (κ3) is 5.31. The van der Waals surface area contributed by atoms with Gasteiger partial charge in [0, 0.05) is 35.8 Å². The quantitative estimate of drug-likeness (QED) is 0.621. The molecule has 1 saturated heterocycles. The molecular formula is C23H26ClFN2O5. The summed E-state index contributed by atoms with van der Waals surface area (Å²) in [6.07, 6.45) is 1.45. The van der Waals surface area contributed by atoms with Crippen LogP contribution in [-0.2, 0) is 16.1 Å². The molecule has 1 aliphatic rings. The number of ether oxygens (including phenoxy) is 3. The molecule has 2 aromatic rings. The van der Waals surface area contributed by atoms with Gasteiger partial charge in [-0.3, -0.25) is 9.69 Å². The average Bonchev–Trinajstić information content (AvgIpc) is 2.80. The summed E-state index contributed by atoms with van der Waals surface area (Å²) in [4.78, 5) is 27.3. The number of benzene rings is 2. The van der Waals surface area contributed by atoms with E-state index in [-0.39, 0.29) is 28.9 Å². The van der Waals surface area contributed by atoms with Crippen LogP contribution in [0.5, 0.6) is 11.5 Å². The molecule has 32 heavy (non-hydrogen) atoms. The highest BCUT2D eigenvalue weighted by atomic mass is 35.5. The molecule has 2 aromatic carbocycles. The van der Waals surface area contributed by atoms with Gasteiger partial charge in [-0.05, 0) is 31.5 Å². The van der Waals surface area contributed by atoms with E-state index in [1.54, 1.807) is 12.1 Å². The number of piperidine rings is 1. The number of amides is 1. The van der Waals surface area contributed by atoms with Crippen LogP contribution in [0, 0.1) is 11.7 Å². The number of likely N-dealkylation sites (tertiary alicyclic amines) is 1. The first-order valence-electron chi connectivity index (χ1n) is 10.2. The predicted octanol–water partition coefficient (Wildman–Crippen LogP) is 4.13. The summed E-state index contributed by atoms with van der Waals surface area (Å²) in [6, 6.07) is 7.59. The molecular weight excluding hydrogens is 439 g/mol. The van der Waals surface area contributed by atoms with Gasteiger partial charge >= 0.3 is 5.97 Å². The Morgan fingerprint density at radius 3 is 2.56 bits per heavy atom. The van der Waals surface area contributed by atoms with Crippen LogP contribution in [0.2, 0.25) is 5.02 Å². The standard InChI is InChI=1S/C23H26ClFN2O5/c1-30-20-10-15(23(29)32-3)19(11-21(20)31-2)26-22(28)14-6-5-9-27(12-14)13-16-17(24)7-4-8-18(16)25/h4,7-8,10-11,14H,5-6,9,12-13H2,1-3H3,(H,26,28). The number of esters is 1. The average molecular weight is 465 g/mol. The highest BCUT2D eigenvalue weighted by Crippen LogP contribution is 2.34. The van der Waals surface area contributed by atoms with Gasteiger partial charge in [-0.2, -0.15) is 0 Å². The van der Waals surface area contributed by atoms with Crippen LogP contribution in [0.4, 0.5) is 10.1 Å². The van der Waals surface area contributed by atoms with Gasteiger partial charge in [0.1, 0.15) is 5.82 Å². The molecule has 1 fully saturated rings. The van der Waals surface area contributed by atoms with Crippen molar-refractivity contribution >= 4 is 29.2 Å². The molecule has 1 atom stereocenters. The van der Waals surface area contributed by atoms with Crippen molar-refractivity contribution in [3.8, 4) is 11.5 Å². The Kier molecular flexibility index (Phi) is 7.93. The van der Waals surface area contributed by atoms with Crippen molar-refractivity contribution in [3.05, 3.63) is 52.3 Å². The summed E-state index contributed by atoms with van der Waals surface area (Å²) in [5, 5.41) is 3.19. The van der Waals surface area contributed by atoms with E-state index in [0.717, 1.165) is 13.0 Å². The van der Waals surface area contributed by atoms with E-state index >= 15 is 0 Å². The predicted molar refractivity (Wildman–Crippen MR) is 119 cm³/mol. The lowest BCUT2D eigenvalue weighted by Crippen LogP contribution is -2.40. The van der Waals surface area contributed by atoms with Crippen LogP contribution >= 0.6 is 11.6 Å². The Balaban J connectivity index is 1.77. The normalized spacial score (nSPS) is 16.3. The van der Waals surface area contributed by atoms with E-state index in [1.807, 2.05) is 4.90 Å². The molecule has 0 aliphatic carbocycles. The zero-order valence-electron chi connectivity index (χ0n) is 18.2. The number of halogens is 2. The smallest absolute Gasteiger partial charge is 0.340 e. The van der Waals surface area contributed by atoms with Crippen molar-refractivity contribution in [2.75, 3.05) is 39.7 Å². The van der Waals surface area contributed by atoms with Crippen LogP contribution < -0.4 is 14.8 Å². The molecule has 0 spiro atoms. The summed E-state index contributed by atoms with van der Waals surface area (Å²) < 4.78 is 29.6. The Bertz CT molecular complexity index is 980. The van der Waals surface area contributed by atoms with E-state index < -0.39 is 5.97 Å². The molecule has 172 valence electrons. The summed E-state index contributed by atoms with van der Waals surface area (Å²) in [5.74, 6) is -0.844. The zero-order valence-corrected chi connectivity index (χ0v) is 19.0. The molecule has 0 aromatic heterocycles. The minimum Gasteiger partial charge on any atom is -0.493 e. The maximum atomic E-state index is 14.2. The van der Waals surface area contributed by atoms with Crippen molar-refractivity contribution in [3.63, 3.8) is 0 Å². The minimum atomic E-state index is -0.610. The number of carbonyl (C=O) groups excluding carboxylic acids is 2. The Labute approximate surface area is 191 Å². The fraction of sp³-hybridized carbons (Fsp3) is 0.391. The lowest BCUT2D eigenvalue weighted by molar-refractivity contribution is -0.121. The summed E-state index contributed by atoms with van der Waals surface area (Å²) >= 11 is 6.16. The molecule has 0 radical (unpaired) electrons. The SMILES string of the molecule is COC(=O)c1cc(OC)c(OC)cc1NC(=O)C1CCCN(Cc2c(F)cccc2Cl)C1. The summed E-state index contributed by atoms with van der Waals surface area (Å²) in [5.41, 5.74) is 0.848. The van der Waals surface area contributed by atoms with Crippen LogP contribution in [0.1, 0.15) is 28.8 Å². The number of rotatable bonds is 7. The topological polar surface area (TPSA) is 77.1 Å². The molecule has 1 aliphatic heterocycles. The molecule has 1 unspecified atom stereocenters. The molecule has 1 N–H and O–H groups in total. The first kappa shape index (κ1) is 23.8. The van der Waals surface area contributed by atoms with Gasteiger partial charge < -0.3 is 19.5 Å². The number of hydrogen-bond acceptors (Lipinski definition) is 6. The maximum absolute atomic E-state index is 14.2. The Morgan fingerprint density at radius 1 is 1.19 bits per heavy atom. The molecule has 7 nitrogen and oxygen atoms in total. The second-order valence-electron chi connectivity index (χ2n) is 7.51. The number of hydrogen-bond donors (Lipinski definition) is 1. The third-order valence-corrected chi connectivity index (χ3v) is 5.86. The van der Waals surface area contributed by atoms with Crippen LogP contribution in [-0.4, -0.2) is 51.2 Å². The first-order valence-corrected chi connectivity index (χ1v) is 10.6. The minimum absolute atomic E-state index is 0.157. The van der Waals surface area contributed by atoms with Gasteiger partial charge in [0.05, 0.1) is 38.5 Å². The molecule has 1 amide bonds. The summed E-state index contributed by atoms with van der Waals surface area (Å²) in [7, 11) is 4.18. The Hall–Kier alpha value is -2.84. The van der Waals surface area contributed by atoms with Gasteiger partial charge in [0.25, 0.3) is 0 Å². The third-order valence-electron chi connectivity index (χ3n) is 5.51. The van der Waals surface area contributed by atoms with E-state index in [2.05, 4.69) is 5.32 Å². The van der Waals surface area contributed by atoms with Gasteiger partial charge in [-0.1, -0.05) is 17.7 Å². The van der Waals surface area contributed by atoms with Crippen LogP contribution in [0.25, 0.3) is 0 Å². The number of nitrogens with one attached hydrogen (secondary N) is 1. The van der Waals surface area contributed by atoms with Crippen molar-refractivity contribution in [1.29, 1.82) is 0 Å². The van der Waals surface area contributed by atoms with Crippen molar-refractivity contribution in [2.45, 2.75) is 19.4 Å². The Morgan fingerprint density at radius 2 is 1.91 bits per heavy atom. The fourth-order valence-corrected chi connectivity index (χ4v) is 4.04. The van der Waals surface area contributed by atoms with Gasteiger partial charge in [0.2, 0.25) is 5.91 Å².